The molecule has 1 atom stereocenters. The normalized spacial score (nSPS) is 16.5. The van der Waals surface area contributed by atoms with Crippen LogP contribution in [0.1, 0.15) is 11.7 Å². The molecule has 6 heteroatoms. The minimum absolute atomic E-state index is 0.215. The second-order valence-corrected chi connectivity index (χ2v) is 4.98. The Balaban J connectivity index is 2.29. The van der Waals surface area contributed by atoms with Crippen LogP contribution in [-0.4, -0.2) is 30.7 Å². The molecule has 1 aromatic carbocycles. The van der Waals surface area contributed by atoms with Crippen molar-refractivity contribution in [2.24, 2.45) is 0 Å². The topological polar surface area (TPSA) is 57.5 Å². The number of halogens is 1. The number of rotatable bonds is 2. The minimum Gasteiger partial charge on any atom is -0.467 e. The molecule has 0 N–H and O–H groups in total. The van der Waals surface area contributed by atoms with Gasteiger partial charge in [0.25, 0.3) is 0 Å². The summed E-state index contributed by atoms with van der Waals surface area (Å²) in [6, 6.07) is 6.53. The largest absolute Gasteiger partial charge is 0.467 e. The van der Waals surface area contributed by atoms with Crippen LogP contribution >= 0.6 is 11.6 Å². The molecule has 21 heavy (non-hydrogen) atoms. The van der Waals surface area contributed by atoms with Crippen LogP contribution in [0, 0.1) is 0 Å². The molecule has 0 saturated heterocycles. The smallest absolute Gasteiger partial charge is 0.336 e. The Morgan fingerprint density at radius 1 is 1.19 bits per heavy atom. The fourth-order valence-electron chi connectivity index (χ4n) is 2.65. The molecule has 1 aliphatic heterocycles. The van der Waals surface area contributed by atoms with Gasteiger partial charge in [-0.3, -0.25) is 0 Å². The highest BCUT2D eigenvalue weighted by Crippen LogP contribution is 2.42. The molecular formula is C15H12ClNO4. The predicted molar refractivity (Wildman–Crippen MR) is 78.0 cm³/mol. The Hall–Kier alpha value is -2.27. The molecule has 3 rings (SSSR count). The molecule has 0 radical (unpaired) electrons. The Kier molecular flexibility index (Phi) is 3.22. The molecule has 0 amide bonds. The lowest BCUT2D eigenvalue weighted by Crippen LogP contribution is -2.24. The number of ether oxygens (including phenoxy) is 2. The molecule has 0 spiro atoms. The van der Waals surface area contributed by atoms with Crippen LogP contribution in [-0.2, 0) is 19.1 Å². The van der Waals surface area contributed by atoms with E-state index in [-0.39, 0.29) is 5.57 Å². The lowest BCUT2D eigenvalue weighted by Gasteiger charge is -2.15. The molecule has 0 bridgehead atoms. The van der Waals surface area contributed by atoms with E-state index in [2.05, 4.69) is 0 Å². The molecule has 1 unspecified atom stereocenters. The summed E-state index contributed by atoms with van der Waals surface area (Å²) in [7, 11) is 2.55. The van der Waals surface area contributed by atoms with Crippen molar-refractivity contribution in [1.29, 1.82) is 0 Å². The van der Waals surface area contributed by atoms with Crippen LogP contribution in [0.25, 0.3) is 17.0 Å². The average molecular weight is 306 g/mol. The van der Waals surface area contributed by atoms with Crippen molar-refractivity contribution in [2.45, 2.75) is 6.04 Å². The van der Waals surface area contributed by atoms with Gasteiger partial charge >= 0.3 is 11.9 Å². The second kappa shape index (κ2) is 4.93. The van der Waals surface area contributed by atoms with Crippen molar-refractivity contribution >= 4 is 40.5 Å². The number of carbonyl (C=O) groups excluding carboxylic acids is 2. The van der Waals surface area contributed by atoms with E-state index in [0.29, 0.717) is 10.7 Å². The van der Waals surface area contributed by atoms with Gasteiger partial charge in [-0.1, -0.05) is 29.8 Å². The molecule has 1 aromatic heterocycles. The van der Waals surface area contributed by atoms with Crippen molar-refractivity contribution in [3.8, 4) is 0 Å². The number of benzene rings is 1. The summed E-state index contributed by atoms with van der Waals surface area (Å²) < 4.78 is 11.3. The number of carbonyl (C=O) groups is 2. The SMILES string of the molecule is COC(=O)C1=Cc2c(Cl)c3ccccc3n2C1C(=O)OC. The van der Waals surface area contributed by atoms with Crippen LogP contribution in [0.4, 0.5) is 0 Å². The van der Waals surface area contributed by atoms with Crippen LogP contribution in [0.5, 0.6) is 0 Å². The lowest BCUT2D eigenvalue weighted by molar-refractivity contribution is -0.146. The Labute approximate surface area is 125 Å². The van der Waals surface area contributed by atoms with Gasteiger partial charge in [0.15, 0.2) is 6.04 Å². The number of para-hydroxylation sites is 1. The summed E-state index contributed by atoms with van der Waals surface area (Å²) in [6.45, 7) is 0. The first-order valence-electron chi connectivity index (χ1n) is 6.26. The van der Waals surface area contributed by atoms with Crippen molar-refractivity contribution in [3.63, 3.8) is 0 Å². The highest BCUT2D eigenvalue weighted by molar-refractivity contribution is 6.37. The first-order chi connectivity index (χ1) is 10.1. The van der Waals surface area contributed by atoms with E-state index in [9.17, 15) is 9.59 Å². The Morgan fingerprint density at radius 3 is 2.57 bits per heavy atom. The number of methoxy groups -OCH3 is 2. The molecule has 2 aromatic rings. The van der Waals surface area contributed by atoms with Crippen LogP contribution in [0.2, 0.25) is 5.02 Å². The molecule has 2 heterocycles. The molecule has 108 valence electrons. The quantitative estimate of drug-likeness (QED) is 0.800. The van der Waals surface area contributed by atoms with E-state index in [1.54, 1.807) is 10.6 Å². The second-order valence-electron chi connectivity index (χ2n) is 4.60. The predicted octanol–water partition coefficient (Wildman–Crippen LogP) is 2.58. The Bertz CT molecular complexity index is 790. The van der Waals surface area contributed by atoms with Gasteiger partial charge < -0.3 is 14.0 Å². The standard InChI is InChI=1S/C15H12ClNO4/c1-20-14(18)9-7-11-12(16)8-5-3-4-6-10(8)17(11)13(9)15(19)21-2/h3-7,13H,1-2H3. The van der Waals surface area contributed by atoms with E-state index in [1.807, 2.05) is 24.3 Å². The van der Waals surface area contributed by atoms with Crippen molar-refractivity contribution in [3.05, 3.63) is 40.6 Å². The van der Waals surface area contributed by atoms with Gasteiger partial charge in [-0.05, 0) is 12.1 Å². The molecule has 0 fully saturated rings. The summed E-state index contributed by atoms with van der Waals surface area (Å²) in [5.41, 5.74) is 1.59. The van der Waals surface area contributed by atoms with E-state index in [1.165, 1.54) is 14.2 Å². The van der Waals surface area contributed by atoms with Crippen molar-refractivity contribution in [2.75, 3.05) is 14.2 Å². The van der Waals surface area contributed by atoms with E-state index < -0.39 is 18.0 Å². The maximum atomic E-state index is 12.1. The third-order valence-corrected chi connectivity index (χ3v) is 3.97. The third-order valence-electron chi connectivity index (χ3n) is 3.58. The van der Waals surface area contributed by atoms with Gasteiger partial charge in [0.1, 0.15) is 0 Å². The van der Waals surface area contributed by atoms with Gasteiger partial charge in [-0.2, -0.15) is 0 Å². The Morgan fingerprint density at radius 2 is 1.90 bits per heavy atom. The fraction of sp³-hybridized carbons (Fsp3) is 0.200. The van der Waals surface area contributed by atoms with Crippen LogP contribution < -0.4 is 0 Å². The van der Waals surface area contributed by atoms with E-state index in [4.69, 9.17) is 21.1 Å². The zero-order valence-electron chi connectivity index (χ0n) is 11.4. The van der Waals surface area contributed by atoms with Crippen molar-refractivity contribution < 1.29 is 19.1 Å². The lowest BCUT2D eigenvalue weighted by atomic mass is 10.1. The summed E-state index contributed by atoms with van der Waals surface area (Å²) in [4.78, 5) is 24.0. The first-order valence-corrected chi connectivity index (χ1v) is 6.64. The molecule has 5 nitrogen and oxygen atoms in total. The highest BCUT2D eigenvalue weighted by Gasteiger charge is 2.39. The monoisotopic (exact) mass is 305 g/mol. The molecule has 0 aliphatic carbocycles. The third kappa shape index (κ3) is 1.85. The molecule has 1 aliphatic rings. The fourth-order valence-corrected chi connectivity index (χ4v) is 2.96. The van der Waals surface area contributed by atoms with Gasteiger partial charge in [-0.25, -0.2) is 9.59 Å². The zero-order chi connectivity index (χ0) is 15.1. The van der Waals surface area contributed by atoms with Crippen molar-refractivity contribution in [1.82, 2.24) is 4.57 Å². The first kappa shape index (κ1) is 13.7. The average Bonchev–Trinajstić information content (AvgIpc) is 3.03. The molecular weight excluding hydrogens is 294 g/mol. The summed E-state index contributed by atoms with van der Waals surface area (Å²) >= 11 is 6.36. The number of hydrogen-bond donors (Lipinski definition) is 0. The number of fused-ring (bicyclic) bond motifs is 3. The number of aromatic nitrogens is 1. The molecule has 0 saturated carbocycles. The summed E-state index contributed by atoms with van der Waals surface area (Å²) in [6.07, 6.45) is 1.58. The maximum absolute atomic E-state index is 12.1. The van der Waals surface area contributed by atoms with Gasteiger partial charge in [-0.15, -0.1) is 0 Å². The van der Waals surface area contributed by atoms with Gasteiger partial charge in [0, 0.05) is 5.39 Å². The zero-order valence-corrected chi connectivity index (χ0v) is 12.2. The van der Waals surface area contributed by atoms with Gasteiger partial charge in [0.2, 0.25) is 0 Å². The highest BCUT2D eigenvalue weighted by atomic mass is 35.5. The summed E-state index contributed by atoms with van der Waals surface area (Å²) in [5.74, 6) is -1.11. The van der Waals surface area contributed by atoms with Crippen LogP contribution in [0.15, 0.2) is 29.8 Å². The number of nitrogens with zero attached hydrogens (tertiary/aromatic N) is 1. The van der Waals surface area contributed by atoms with E-state index in [0.717, 1.165) is 10.9 Å². The summed E-state index contributed by atoms with van der Waals surface area (Å²) in [5, 5.41) is 1.32. The number of hydrogen-bond acceptors (Lipinski definition) is 4. The van der Waals surface area contributed by atoms with Gasteiger partial charge in [0.05, 0.1) is 36.0 Å². The minimum atomic E-state index is -0.880. The maximum Gasteiger partial charge on any atom is 0.336 e. The number of esters is 2. The van der Waals surface area contributed by atoms with Crippen LogP contribution in [0.3, 0.4) is 0 Å². The van der Waals surface area contributed by atoms with E-state index >= 15 is 0 Å².